The van der Waals surface area contributed by atoms with Crippen LogP contribution in [-0.4, -0.2) is 5.91 Å². The largest absolute Gasteiger partial charge is 0.396 e. The van der Waals surface area contributed by atoms with Gasteiger partial charge in [-0.25, -0.2) is 8.78 Å². The Balaban J connectivity index is 2.35. The molecular formula is C14H8ClF2N3O. The maximum Gasteiger partial charge on any atom is 0.258 e. The molecular weight excluding hydrogens is 300 g/mol. The van der Waals surface area contributed by atoms with Gasteiger partial charge in [-0.2, -0.15) is 5.26 Å². The molecule has 0 aliphatic heterocycles. The quantitative estimate of drug-likeness (QED) is 0.835. The molecule has 0 aromatic heterocycles. The zero-order valence-corrected chi connectivity index (χ0v) is 11.2. The van der Waals surface area contributed by atoms with Crippen LogP contribution in [0, 0.1) is 23.0 Å². The van der Waals surface area contributed by atoms with Crippen molar-refractivity contribution in [2.24, 2.45) is 0 Å². The molecule has 0 spiro atoms. The molecule has 3 N–H and O–H groups in total. The van der Waals surface area contributed by atoms with E-state index in [9.17, 15) is 13.6 Å². The smallest absolute Gasteiger partial charge is 0.258 e. The third kappa shape index (κ3) is 3.09. The highest BCUT2D eigenvalue weighted by Gasteiger charge is 2.16. The van der Waals surface area contributed by atoms with Crippen LogP contribution in [0.1, 0.15) is 15.9 Å². The summed E-state index contributed by atoms with van der Waals surface area (Å²) in [7, 11) is 0. The molecule has 0 saturated carbocycles. The van der Waals surface area contributed by atoms with E-state index in [1.54, 1.807) is 0 Å². The minimum absolute atomic E-state index is 0.142. The third-order valence-corrected chi connectivity index (χ3v) is 3.00. The minimum atomic E-state index is -1.05. The van der Waals surface area contributed by atoms with Crippen LogP contribution in [0.4, 0.5) is 20.2 Å². The molecule has 2 aromatic carbocycles. The van der Waals surface area contributed by atoms with Gasteiger partial charge in [0.05, 0.1) is 33.6 Å². The molecule has 21 heavy (non-hydrogen) atoms. The zero-order chi connectivity index (χ0) is 15.6. The highest BCUT2D eigenvalue weighted by molar-refractivity contribution is 6.34. The first-order valence-corrected chi connectivity index (χ1v) is 6.05. The van der Waals surface area contributed by atoms with Crippen LogP contribution in [0.2, 0.25) is 5.02 Å². The lowest BCUT2D eigenvalue weighted by atomic mass is 10.1. The number of hydrogen-bond donors (Lipinski definition) is 2. The Hall–Kier alpha value is -2.65. The number of hydrogen-bond acceptors (Lipinski definition) is 3. The number of halogens is 3. The molecule has 0 unspecified atom stereocenters. The summed E-state index contributed by atoms with van der Waals surface area (Å²) in [5.41, 5.74) is 4.95. The number of nitrogens with one attached hydrogen (secondary N) is 1. The van der Waals surface area contributed by atoms with Crippen molar-refractivity contribution in [3.05, 3.63) is 58.1 Å². The minimum Gasteiger partial charge on any atom is -0.396 e. The van der Waals surface area contributed by atoms with Crippen molar-refractivity contribution in [1.82, 2.24) is 0 Å². The summed E-state index contributed by atoms with van der Waals surface area (Å²) in [5.74, 6) is -2.85. The molecule has 106 valence electrons. The van der Waals surface area contributed by atoms with Crippen LogP contribution in [-0.2, 0) is 0 Å². The summed E-state index contributed by atoms with van der Waals surface area (Å²) in [6.07, 6.45) is 0. The number of nitriles is 1. The van der Waals surface area contributed by atoms with Crippen LogP contribution in [0.25, 0.3) is 0 Å². The van der Waals surface area contributed by atoms with Crippen LogP contribution >= 0.6 is 11.6 Å². The van der Waals surface area contributed by atoms with Crippen molar-refractivity contribution in [2.75, 3.05) is 11.1 Å². The van der Waals surface area contributed by atoms with Crippen LogP contribution in [0.15, 0.2) is 30.3 Å². The number of nitrogens with two attached hydrogens (primary N) is 1. The molecule has 0 bridgehead atoms. The number of nitrogens with zero attached hydrogens (tertiary/aromatic N) is 1. The first-order valence-electron chi connectivity index (χ1n) is 5.68. The molecule has 4 nitrogen and oxygen atoms in total. The highest BCUT2D eigenvalue weighted by Crippen LogP contribution is 2.24. The van der Waals surface area contributed by atoms with Gasteiger partial charge >= 0.3 is 0 Å². The van der Waals surface area contributed by atoms with E-state index >= 15 is 0 Å². The van der Waals surface area contributed by atoms with Gasteiger partial charge < -0.3 is 11.1 Å². The maximum atomic E-state index is 13.6. The van der Waals surface area contributed by atoms with Crippen LogP contribution in [0.3, 0.4) is 0 Å². The Morgan fingerprint density at radius 3 is 2.62 bits per heavy atom. The summed E-state index contributed by atoms with van der Waals surface area (Å²) >= 11 is 5.88. The lowest BCUT2D eigenvalue weighted by molar-refractivity contribution is 0.102. The fraction of sp³-hybridized carbons (Fsp3) is 0. The second kappa shape index (κ2) is 5.77. The predicted octanol–water partition coefficient (Wildman–Crippen LogP) is 3.32. The van der Waals surface area contributed by atoms with Gasteiger partial charge in [-0.1, -0.05) is 11.6 Å². The molecule has 0 aliphatic carbocycles. The van der Waals surface area contributed by atoms with Crippen molar-refractivity contribution < 1.29 is 13.6 Å². The number of anilines is 2. The summed E-state index contributed by atoms with van der Waals surface area (Å²) in [4.78, 5) is 12.0. The average Bonchev–Trinajstić information content (AvgIpc) is 2.45. The van der Waals surface area contributed by atoms with E-state index < -0.39 is 23.1 Å². The summed E-state index contributed by atoms with van der Waals surface area (Å²) < 4.78 is 26.6. The van der Waals surface area contributed by atoms with E-state index in [0.717, 1.165) is 6.07 Å². The molecule has 0 saturated heterocycles. The summed E-state index contributed by atoms with van der Waals surface area (Å²) in [6.45, 7) is 0. The van der Waals surface area contributed by atoms with Gasteiger partial charge in [0.25, 0.3) is 5.91 Å². The first kappa shape index (κ1) is 14.8. The van der Waals surface area contributed by atoms with Gasteiger partial charge in [-0.05, 0) is 24.3 Å². The second-order valence-electron chi connectivity index (χ2n) is 4.11. The fourth-order valence-electron chi connectivity index (χ4n) is 1.62. The fourth-order valence-corrected chi connectivity index (χ4v) is 1.78. The van der Waals surface area contributed by atoms with E-state index in [1.807, 2.05) is 6.07 Å². The van der Waals surface area contributed by atoms with Crippen molar-refractivity contribution in [1.29, 1.82) is 5.26 Å². The van der Waals surface area contributed by atoms with Crippen molar-refractivity contribution in [3.63, 3.8) is 0 Å². The van der Waals surface area contributed by atoms with Crippen molar-refractivity contribution in [3.8, 4) is 6.07 Å². The standard InChI is InChI=1S/C14H8ClF2N3O/c15-9-2-1-7(6-18)3-13(9)20-14(21)8-4-12(19)11(17)5-10(8)16/h1-5H,19H2,(H,20,21). The highest BCUT2D eigenvalue weighted by atomic mass is 35.5. The van der Waals surface area contributed by atoms with E-state index in [2.05, 4.69) is 5.32 Å². The Morgan fingerprint density at radius 1 is 1.24 bits per heavy atom. The topological polar surface area (TPSA) is 78.9 Å². The van der Waals surface area contributed by atoms with Crippen molar-refractivity contribution >= 4 is 28.9 Å². The molecule has 7 heteroatoms. The van der Waals surface area contributed by atoms with Gasteiger partial charge in [0.1, 0.15) is 11.6 Å². The number of carbonyl (C=O) groups is 1. The summed E-state index contributed by atoms with van der Waals surface area (Å²) in [5, 5.41) is 11.3. The molecule has 0 heterocycles. The SMILES string of the molecule is N#Cc1ccc(Cl)c(NC(=O)c2cc(N)c(F)cc2F)c1. The lowest BCUT2D eigenvalue weighted by Gasteiger charge is -2.09. The Kier molecular flexibility index (Phi) is 4.05. The Morgan fingerprint density at radius 2 is 1.95 bits per heavy atom. The van der Waals surface area contributed by atoms with Gasteiger partial charge in [-0.3, -0.25) is 4.79 Å². The number of amides is 1. The average molecular weight is 308 g/mol. The Labute approximate surface area is 123 Å². The van der Waals surface area contributed by atoms with Crippen molar-refractivity contribution in [2.45, 2.75) is 0 Å². The molecule has 0 aliphatic rings. The molecule has 0 radical (unpaired) electrons. The van der Waals surface area contributed by atoms with E-state index in [4.69, 9.17) is 22.6 Å². The monoisotopic (exact) mass is 307 g/mol. The first-order chi connectivity index (χ1) is 9.92. The van der Waals surface area contributed by atoms with Crippen LogP contribution in [0.5, 0.6) is 0 Å². The molecule has 0 atom stereocenters. The molecule has 2 rings (SSSR count). The zero-order valence-electron chi connectivity index (χ0n) is 10.5. The summed E-state index contributed by atoms with van der Waals surface area (Å²) in [6, 6.07) is 7.52. The molecule has 0 fully saturated rings. The van der Waals surface area contributed by atoms with E-state index in [0.29, 0.717) is 6.07 Å². The number of benzene rings is 2. The second-order valence-corrected chi connectivity index (χ2v) is 4.52. The van der Waals surface area contributed by atoms with Crippen LogP contribution < -0.4 is 11.1 Å². The number of nitrogen functional groups attached to an aromatic ring is 1. The Bertz CT molecular complexity index is 772. The predicted molar refractivity (Wildman–Crippen MR) is 74.9 cm³/mol. The number of carbonyl (C=O) groups excluding carboxylic acids is 1. The molecule has 2 aromatic rings. The third-order valence-electron chi connectivity index (χ3n) is 2.67. The normalized spacial score (nSPS) is 10.0. The van der Waals surface area contributed by atoms with Gasteiger partial charge in [0.2, 0.25) is 0 Å². The van der Waals surface area contributed by atoms with Gasteiger partial charge in [-0.15, -0.1) is 0 Å². The number of rotatable bonds is 2. The lowest BCUT2D eigenvalue weighted by Crippen LogP contribution is -2.15. The van der Waals surface area contributed by atoms with Gasteiger partial charge in [0, 0.05) is 6.07 Å². The van der Waals surface area contributed by atoms with E-state index in [-0.39, 0.29) is 22.0 Å². The molecule has 1 amide bonds. The van der Waals surface area contributed by atoms with Gasteiger partial charge in [0.15, 0.2) is 0 Å². The van der Waals surface area contributed by atoms with E-state index in [1.165, 1.54) is 18.2 Å². The maximum absolute atomic E-state index is 13.6.